The van der Waals surface area contributed by atoms with Gasteiger partial charge in [-0.15, -0.1) is 0 Å². The van der Waals surface area contributed by atoms with E-state index in [1.807, 2.05) is 0 Å². The van der Waals surface area contributed by atoms with Gasteiger partial charge in [0.15, 0.2) is 0 Å². The lowest BCUT2D eigenvalue weighted by atomic mass is 9.88. The number of Topliss-reactive ketones (excluding diaryl/α,β-unsaturated/α-hetero) is 1. The molecule has 1 aliphatic heterocycles. The van der Waals surface area contributed by atoms with Gasteiger partial charge in [0, 0.05) is 21.8 Å². The molecule has 0 saturated carbocycles. The molecular weight excluding hydrogens is 415 g/mol. The van der Waals surface area contributed by atoms with Crippen molar-refractivity contribution in [1.82, 2.24) is 9.55 Å². The summed E-state index contributed by atoms with van der Waals surface area (Å²) in [5, 5.41) is 2.71. The van der Waals surface area contributed by atoms with Crippen LogP contribution in [-0.4, -0.2) is 21.5 Å². The van der Waals surface area contributed by atoms with E-state index in [0.717, 1.165) is 4.57 Å². The monoisotopic (exact) mass is 427 g/mol. The highest BCUT2D eigenvalue weighted by Crippen LogP contribution is 2.48. The summed E-state index contributed by atoms with van der Waals surface area (Å²) in [5.74, 6) is -1.04. The summed E-state index contributed by atoms with van der Waals surface area (Å²) < 4.78 is 45.5. The van der Waals surface area contributed by atoms with E-state index in [0.29, 0.717) is 11.1 Å². The highest BCUT2D eigenvalue weighted by Gasteiger charge is 2.65. The second-order valence-electron chi connectivity index (χ2n) is 6.98. The van der Waals surface area contributed by atoms with E-state index in [9.17, 15) is 18.0 Å². The topological polar surface area (TPSA) is 46.9 Å². The number of fused-ring (bicyclic) bond motifs is 5. The van der Waals surface area contributed by atoms with Crippen LogP contribution < -0.4 is 5.32 Å². The number of carbonyl (C=O) groups excluding carboxylic acids is 1. The number of rotatable bonds is 2. The van der Waals surface area contributed by atoms with Gasteiger partial charge in [-0.1, -0.05) is 54.1 Å². The number of aromatic nitrogens is 2. The lowest BCUT2D eigenvalue weighted by Crippen LogP contribution is -2.61. The van der Waals surface area contributed by atoms with Crippen LogP contribution in [0.3, 0.4) is 0 Å². The highest BCUT2D eigenvalue weighted by molar-refractivity contribution is 6.30. The highest BCUT2D eigenvalue weighted by atomic mass is 35.5. The van der Waals surface area contributed by atoms with Crippen molar-refractivity contribution in [3.63, 3.8) is 0 Å². The molecule has 1 aromatic heterocycles. The number of hydrogen-bond acceptors (Lipinski definition) is 3. The SMILES string of the molecule is O=C1c2ccccc2-c2nc3ccccc3n2C1(Nc1cccc(Cl)c1)C(F)(F)F. The van der Waals surface area contributed by atoms with E-state index in [2.05, 4.69) is 10.3 Å². The summed E-state index contributed by atoms with van der Waals surface area (Å²) in [6.45, 7) is 0. The summed E-state index contributed by atoms with van der Waals surface area (Å²) in [4.78, 5) is 18.0. The summed E-state index contributed by atoms with van der Waals surface area (Å²) in [6.07, 6.45) is -4.99. The Morgan fingerprint density at radius 3 is 2.37 bits per heavy atom. The molecule has 30 heavy (non-hydrogen) atoms. The number of carbonyl (C=O) groups is 1. The maximum Gasteiger partial charge on any atom is 0.438 e. The first-order valence-corrected chi connectivity index (χ1v) is 9.43. The van der Waals surface area contributed by atoms with Gasteiger partial charge in [-0.25, -0.2) is 4.98 Å². The predicted octanol–water partition coefficient (Wildman–Crippen LogP) is 5.88. The Morgan fingerprint density at radius 2 is 1.63 bits per heavy atom. The Morgan fingerprint density at radius 1 is 0.933 bits per heavy atom. The van der Waals surface area contributed by atoms with Crippen LogP contribution in [-0.2, 0) is 5.66 Å². The maximum absolute atomic E-state index is 14.8. The molecular formula is C22H13ClF3N3O. The zero-order valence-electron chi connectivity index (χ0n) is 15.2. The molecule has 3 aromatic carbocycles. The molecule has 1 N–H and O–H groups in total. The van der Waals surface area contributed by atoms with E-state index in [1.165, 1.54) is 36.4 Å². The molecule has 150 valence electrons. The number of benzene rings is 3. The minimum absolute atomic E-state index is 0.0489. The Kier molecular flexibility index (Phi) is 3.95. The van der Waals surface area contributed by atoms with Gasteiger partial charge < -0.3 is 5.32 Å². The zero-order valence-corrected chi connectivity index (χ0v) is 16.0. The van der Waals surface area contributed by atoms with Gasteiger partial charge in [0.05, 0.1) is 11.0 Å². The number of alkyl halides is 3. The first-order chi connectivity index (χ1) is 14.3. The second-order valence-corrected chi connectivity index (χ2v) is 7.41. The average Bonchev–Trinajstić information content (AvgIpc) is 3.10. The average molecular weight is 428 g/mol. The largest absolute Gasteiger partial charge is 0.438 e. The standard InChI is InChI=1S/C22H13ClF3N3O/c23-13-6-5-7-14(12-13)28-21(22(24,25)26)19(30)15-8-1-2-9-16(15)20-27-17-10-3-4-11-18(17)29(20)21/h1-12,28H. The fourth-order valence-corrected chi connectivity index (χ4v) is 4.12. The minimum atomic E-state index is -4.99. The van der Waals surface area contributed by atoms with Gasteiger partial charge in [-0.05, 0) is 30.3 Å². The summed E-state index contributed by atoms with van der Waals surface area (Å²) in [6, 6.07) is 18.5. The van der Waals surface area contributed by atoms with Crippen LogP contribution in [0.5, 0.6) is 0 Å². The van der Waals surface area contributed by atoms with Crippen molar-refractivity contribution >= 4 is 34.1 Å². The Bertz CT molecular complexity index is 1310. The van der Waals surface area contributed by atoms with E-state index < -0.39 is 17.6 Å². The molecule has 2 heterocycles. The fraction of sp³-hybridized carbons (Fsp3) is 0.0909. The van der Waals surface area contributed by atoms with Crippen molar-refractivity contribution in [2.24, 2.45) is 0 Å². The first kappa shape index (κ1) is 18.7. The minimum Gasteiger partial charge on any atom is -0.348 e. The van der Waals surface area contributed by atoms with Crippen molar-refractivity contribution in [1.29, 1.82) is 0 Å². The number of nitrogens with one attached hydrogen (secondary N) is 1. The number of nitrogens with zero attached hydrogens (tertiary/aromatic N) is 2. The lowest BCUT2D eigenvalue weighted by Gasteiger charge is -2.41. The third-order valence-electron chi connectivity index (χ3n) is 5.20. The Hall–Kier alpha value is -3.32. The molecule has 4 nitrogen and oxygen atoms in total. The van der Waals surface area contributed by atoms with Crippen molar-refractivity contribution in [2.75, 3.05) is 5.32 Å². The molecule has 8 heteroatoms. The van der Waals surface area contributed by atoms with Crippen LogP contribution in [0.4, 0.5) is 18.9 Å². The molecule has 0 aliphatic carbocycles. The van der Waals surface area contributed by atoms with E-state index in [-0.39, 0.29) is 27.6 Å². The van der Waals surface area contributed by atoms with E-state index >= 15 is 0 Å². The molecule has 1 atom stereocenters. The number of halogens is 4. The number of para-hydroxylation sites is 2. The molecule has 1 aliphatic rings. The number of hydrogen-bond donors (Lipinski definition) is 1. The van der Waals surface area contributed by atoms with Crippen molar-refractivity contribution in [3.05, 3.63) is 83.4 Å². The van der Waals surface area contributed by atoms with E-state index in [4.69, 9.17) is 11.6 Å². The van der Waals surface area contributed by atoms with Gasteiger partial charge in [0.25, 0.3) is 5.66 Å². The third-order valence-corrected chi connectivity index (χ3v) is 5.43. The van der Waals surface area contributed by atoms with Crippen LogP contribution in [0.2, 0.25) is 5.02 Å². The smallest absolute Gasteiger partial charge is 0.348 e. The summed E-state index contributed by atoms with van der Waals surface area (Å²) in [5.41, 5.74) is -2.16. The number of ketones is 1. The van der Waals surface area contributed by atoms with Gasteiger partial charge in [-0.2, -0.15) is 13.2 Å². The van der Waals surface area contributed by atoms with Crippen LogP contribution in [0.25, 0.3) is 22.4 Å². The molecule has 0 fully saturated rings. The zero-order chi connectivity index (χ0) is 21.1. The second kappa shape index (κ2) is 6.34. The summed E-state index contributed by atoms with van der Waals surface area (Å²) >= 11 is 5.99. The molecule has 0 radical (unpaired) electrons. The van der Waals surface area contributed by atoms with Gasteiger partial charge in [0.1, 0.15) is 5.82 Å². The Labute approximate surface area is 173 Å². The van der Waals surface area contributed by atoms with Gasteiger partial charge >= 0.3 is 6.18 Å². The third kappa shape index (κ3) is 2.48. The Balaban J connectivity index is 1.90. The van der Waals surface area contributed by atoms with Crippen LogP contribution >= 0.6 is 11.6 Å². The van der Waals surface area contributed by atoms with Crippen molar-refractivity contribution in [3.8, 4) is 11.4 Å². The molecule has 0 amide bonds. The molecule has 0 spiro atoms. The molecule has 0 saturated heterocycles. The van der Waals surface area contributed by atoms with Crippen LogP contribution in [0.1, 0.15) is 10.4 Å². The van der Waals surface area contributed by atoms with Crippen LogP contribution in [0, 0.1) is 0 Å². The lowest BCUT2D eigenvalue weighted by molar-refractivity contribution is -0.186. The molecule has 1 unspecified atom stereocenters. The van der Waals surface area contributed by atoms with Crippen molar-refractivity contribution in [2.45, 2.75) is 11.8 Å². The molecule has 5 rings (SSSR count). The van der Waals surface area contributed by atoms with E-state index in [1.54, 1.807) is 36.4 Å². The van der Waals surface area contributed by atoms with Gasteiger partial charge in [0.2, 0.25) is 5.78 Å². The van der Waals surface area contributed by atoms with Crippen molar-refractivity contribution < 1.29 is 18.0 Å². The quantitative estimate of drug-likeness (QED) is 0.434. The normalized spacial score (nSPS) is 18.2. The summed E-state index contributed by atoms with van der Waals surface area (Å²) in [7, 11) is 0. The molecule has 0 bridgehead atoms. The number of imidazole rings is 1. The predicted molar refractivity (Wildman–Crippen MR) is 109 cm³/mol. The van der Waals surface area contributed by atoms with Crippen LogP contribution in [0.15, 0.2) is 72.8 Å². The van der Waals surface area contributed by atoms with Gasteiger partial charge in [-0.3, -0.25) is 9.36 Å². The first-order valence-electron chi connectivity index (χ1n) is 9.05. The fourth-order valence-electron chi connectivity index (χ4n) is 3.93. The molecule has 4 aromatic rings. The maximum atomic E-state index is 14.8. The number of anilines is 1.